The molecular weight excluding hydrogens is 426 g/mol. The van der Waals surface area contributed by atoms with Gasteiger partial charge in [0.1, 0.15) is 12.2 Å². The van der Waals surface area contributed by atoms with Gasteiger partial charge in [0.05, 0.1) is 21.3 Å². The van der Waals surface area contributed by atoms with Gasteiger partial charge in [0.15, 0.2) is 17.1 Å². The first-order valence-corrected chi connectivity index (χ1v) is 10.1. The van der Waals surface area contributed by atoms with Crippen molar-refractivity contribution in [3.05, 3.63) is 59.8 Å². The van der Waals surface area contributed by atoms with Crippen LogP contribution < -0.4 is 24.6 Å². The second kappa shape index (κ2) is 9.68. The van der Waals surface area contributed by atoms with E-state index in [2.05, 4.69) is 10.3 Å². The minimum atomic E-state index is -0.0567. The monoisotopic (exact) mass is 450 g/mol. The van der Waals surface area contributed by atoms with Crippen LogP contribution in [0.4, 0.5) is 17.4 Å². The molecule has 0 fully saturated rings. The van der Waals surface area contributed by atoms with Crippen LogP contribution >= 0.6 is 0 Å². The standard InChI is InChI=1S/C24H24N3O6/c1-29-14-27(28)17-8-5-7-15(11-17)18-9-6-10-19-22(18)33-24(26-19)25-16-12-20(30-2)23(32-4)21(13-16)31-3/h5-13H,14H2,1-4H3,(H,25,26)/q-1. The van der Waals surface area contributed by atoms with Gasteiger partial charge in [-0.15, -0.1) is 0 Å². The molecule has 33 heavy (non-hydrogen) atoms. The van der Waals surface area contributed by atoms with E-state index >= 15 is 0 Å². The van der Waals surface area contributed by atoms with E-state index in [-0.39, 0.29) is 6.73 Å². The lowest BCUT2D eigenvalue weighted by atomic mass is 10.0. The number of hydrogen-bond acceptors (Lipinski definition) is 9. The largest absolute Gasteiger partial charge is 0.757 e. The number of hydrogen-bond donors (Lipinski definition) is 1. The highest BCUT2D eigenvalue weighted by Gasteiger charge is 2.16. The van der Waals surface area contributed by atoms with E-state index in [4.69, 9.17) is 23.4 Å². The van der Waals surface area contributed by atoms with Gasteiger partial charge in [-0.25, -0.2) is 0 Å². The summed E-state index contributed by atoms with van der Waals surface area (Å²) in [5.41, 5.74) is 4.04. The highest BCUT2D eigenvalue weighted by atomic mass is 16.6. The Morgan fingerprint density at radius 3 is 2.33 bits per heavy atom. The van der Waals surface area contributed by atoms with E-state index in [0.717, 1.165) is 16.2 Å². The summed E-state index contributed by atoms with van der Waals surface area (Å²) < 4.78 is 27.2. The molecular formula is C24H24N3O6-. The second-order valence-electron chi connectivity index (χ2n) is 7.06. The Morgan fingerprint density at radius 1 is 0.939 bits per heavy atom. The summed E-state index contributed by atoms with van der Waals surface area (Å²) in [6.45, 7) is -0.0567. The number of benzene rings is 3. The Hall–Kier alpha value is -3.95. The number of hydroxylamine groups is 1. The molecule has 0 amide bonds. The molecule has 0 aliphatic carbocycles. The molecule has 0 radical (unpaired) electrons. The van der Waals surface area contributed by atoms with Crippen LogP contribution in [0.2, 0.25) is 0 Å². The Morgan fingerprint density at radius 2 is 1.67 bits per heavy atom. The number of oxazole rings is 1. The molecule has 1 heterocycles. The third kappa shape index (κ3) is 4.50. The lowest BCUT2D eigenvalue weighted by Crippen LogP contribution is -2.17. The Kier molecular flexibility index (Phi) is 6.53. The van der Waals surface area contributed by atoms with Crippen molar-refractivity contribution in [2.75, 3.05) is 45.6 Å². The van der Waals surface area contributed by atoms with Crippen molar-refractivity contribution in [2.24, 2.45) is 0 Å². The molecule has 1 N–H and O–H groups in total. The quantitative estimate of drug-likeness (QED) is 0.273. The smallest absolute Gasteiger partial charge is 0.300 e. The van der Waals surface area contributed by atoms with Crippen LogP contribution in [0.1, 0.15) is 0 Å². The maximum absolute atomic E-state index is 12.2. The summed E-state index contributed by atoms with van der Waals surface area (Å²) in [5, 5.41) is 16.1. The van der Waals surface area contributed by atoms with Crippen molar-refractivity contribution >= 4 is 28.5 Å². The van der Waals surface area contributed by atoms with Gasteiger partial charge in [-0.3, -0.25) is 0 Å². The lowest BCUT2D eigenvalue weighted by Gasteiger charge is -2.29. The van der Waals surface area contributed by atoms with Gasteiger partial charge >= 0.3 is 0 Å². The molecule has 0 spiro atoms. The first kappa shape index (κ1) is 22.3. The van der Waals surface area contributed by atoms with Crippen LogP contribution in [0.5, 0.6) is 17.2 Å². The number of fused-ring (bicyclic) bond motifs is 1. The molecule has 4 aromatic rings. The molecule has 9 heteroatoms. The molecule has 4 rings (SSSR count). The highest BCUT2D eigenvalue weighted by Crippen LogP contribution is 2.41. The number of methoxy groups -OCH3 is 4. The van der Waals surface area contributed by atoms with Gasteiger partial charge in [-0.1, -0.05) is 24.3 Å². The molecule has 9 nitrogen and oxygen atoms in total. The minimum Gasteiger partial charge on any atom is -0.757 e. The number of para-hydroxylation sites is 1. The van der Waals surface area contributed by atoms with Crippen LogP contribution in [0.25, 0.3) is 22.2 Å². The average molecular weight is 450 g/mol. The lowest BCUT2D eigenvalue weighted by molar-refractivity contribution is 0.205. The summed E-state index contributed by atoms with van der Waals surface area (Å²) in [5.74, 6) is 1.50. The van der Waals surface area contributed by atoms with Crippen molar-refractivity contribution in [1.82, 2.24) is 4.98 Å². The zero-order valence-electron chi connectivity index (χ0n) is 18.7. The molecule has 3 aromatic carbocycles. The average Bonchev–Trinajstić information content (AvgIpc) is 3.26. The van der Waals surface area contributed by atoms with Crippen molar-refractivity contribution in [1.29, 1.82) is 0 Å². The maximum atomic E-state index is 12.2. The van der Waals surface area contributed by atoms with E-state index in [9.17, 15) is 5.21 Å². The van der Waals surface area contributed by atoms with Gasteiger partial charge in [-0.2, -0.15) is 4.98 Å². The number of rotatable bonds is 9. The van der Waals surface area contributed by atoms with Gasteiger partial charge in [0, 0.05) is 36.2 Å². The zero-order chi connectivity index (χ0) is 23.4. The van der Waals surface area contributed by atoms with Crippen molar-refractivity contribution < 1.29 is 23.4 Å². The molecule has 172 valence electrons. The molecule has 0 aliphatic rings. The predicted octanol–water partition coefficient (Wildman–Crippen LogP) is 5.17. The minimum absolute atomic E-state index is 0.0567. The normalized spacial score (nSPS) is 10.8. The zero-order valence-corrected chi connectivity index (χ0v) is 18.7. The SMILES string of the molecule is COCN([O-])c1cccc(-c2cccc3nc(Nc4cc(OC)c(OC)c(OC)c4)oc23)c1. The number of aromatic nitrogens is 1. The van der Waals surface area contributed by atoms with Crippen LogP contribution in [0.15, 0.2) is 59.0 Å². The maximum Gasteiger partial charge on any atom is 0.300 e. The van der Waals surface area contributed by atoms with Crippen LogP contribution in [0.3, 0.4) is 0 Å². The second-order valence-corrected chi connectivity index (χ2v) is 7.06. The molecule has 0 atom stereocenters. The third-order valence-corrected chi connectivity index (χ3v) is 5.02. The fraction of sp³-hybridized carbons (Fsp3) is 0.208. The molecule has 0 saturated heterocycles. The van der Waals surface area contributed by atoms with E-state index in [1.807, 2.05) is 30.3 Å². The summed E-state index contributed by atoms with van der Waals surface area (Å²) in [7, 11) is 6.13. The number of ether oxygens (including phenoxy) is 4. The molecule has 1 aromatic heterocycles. The molecule has 0 saturated carbocycles. The first-order valence-electron chi connectivity index (χ1n) is 10.1. The highest BCUT2D eigenvalue weighted by molar-refractivity contribution is 5.92. The predicted molar refractivity (Wildman–Crippen MR) is 127 cm³/mol. The molecule has 0 bridgehead atoms. The number of anilines is 3. The van der Waals surface area contributed by atoms with E-state index in [1.165, 1.54) is 7.11 Å². The summed E-state index contributed by atoms with van der Waals surface area (Å²) in [6.07, 6.45) is 0. The van der Waals surface area contributed by atoms with Crippen LogP contribution in [-0.2, 0) is 4.74 Å². The van der Waals surface area contributed by atoms with Crippen molar-refractivity contribution in [3.63, 3.8) is 0 Å². The third-order valence-electron chi connectivity index (χ3n) is 5.02. The number of nitrogens with zero attached hydrogens (tertiary/aromatic N) is 2. The summed E-state index contributed by atoms with van der Waals surface area (Å²) >= 11 is 0. The van der Waals surface area contributed by atoms with Crippen LogP contribution in [-0.4, -0.2) is 40.2 Å². The first-order chi connectivity index (χ1) is 16.1. The topological polar surface area (TPSA) is 101 Å². The van der Waals surface area contributed by atoms with Crippen LogP contribution in [0, 0.1) is 5.21 Å². The summed E-state index contributed by atoms with van der Waals surface area (Å²) in [4.78, 5) is 4.55. The fourth-order valence-corrected chi connectivity index (χ4v) is 3.53. The van der Waals surface area contributed by atoms with Crippen molar-refractivity contribution in [2.45, 2.75) is 0 Å². The van der Waals surface area contributed by atoms with E-state index < -0.39 is 0 Å². The summed E-state index contributed by atoms with van der Waals surface area (Å²) in [6, 6.07) is 16.7. The number of nitrogens with one attached hydrogen (secondary N) is 1. The van der Waals surface area contributed by atoms with Gasteiger partial charge < -0.3 is 39.0 Å². The van der Waals surface area contributed by atoms with Gasteiger partial charge in [0.25, 0.3) is 6.01 Å². The molecule has 0 unspecified atom stereocenters. The Labute approximate surface area is 191 Å². The van der Waals surface area contributed by atoms with Gasteiger partial charge in [-0.05, 0) is 23.8 Å². The van der Waals surface area contributed by atoms with Crippen molar-refractivity contribution in [3.8, 4) is 28.4 Å². The Bertz CT molecular complexity index is 1230. The van der Waals surface area contributed by atoms with E-state index in [0.29, 0.717) is 45.7 Å². The van der Waals surface area contributed by atoms with Gasteiger partial charge in [0.2, 0.25) is 5.75 Å². The Balaban J connectivity index is 1.70. The van der Waals surface area contributed by atoms with E-state index in [1.54, 1.807) is 45.6 Å². The fourth-order valence-electron chi connectivity index (χ4n) is 3.53. The molecule has 0 aliphatic heterocycles.